The van der Waals surface area contributed by atoms with Gasteiger partial charge >= 0.3 is 12.4 Å². The first-order valence-corrected chi connectivity index (χ1v) is 6.88. The predicted octanol–water partition coefficient (Wildman–Crippen LogP) is 4.41. The molecule has 20 heavy (non-hydrogen) atoms. The van der Waals surface area contributed by atoms with E-state index in [-0.39, 0.29) is 4.88 Å². The Kier molecular flexibility index (Phi) is 5.50. The highest BCUT2D eigenvalue weighted by Crippen LogP contribution is 2.40. The third kappa shape index (κ3) is 4.61. The van der Waals surface area contributed by atoms with Gasteiger partial charge in [0.25, 0.3) is 0 Å². The molecule has 1 aromatic rings. The summed E-state index contributed by atoms with van der Waals surface area (Å²) in [5.74, 6) is 0. The van der Waals surface area contributed by atoms with Crippen molar-refractivity contribution in [2.24, 2.45) is 5.73 Å². The van der Waals surface area contributed by atoms with E-state index in [2.05, 4.69) is 20.7 Å². The lowest BCUT2D eigenvalue weighted by molar-refractivity contribution is -0.332. The van der Waals surface area contributed by atoms with Gasteiger partial charge in [-0.2, -0.15) is 26.3 Å². The van der Waals surface area contributed by atoms with E-state index >= 15 is 0 Å². The number of ether oxygens (including phenoxy) is 1. The second-order valence-electron chi connectivity index (χ2n) is 4.05. The maximum atomic E-state index is 12.5. The molecule has 116 valence electrons. The smallest absolute Gasteiger partial charge is 0.350 e. The van der Waals surface area contributed by atoms with Gasteiger partial charge in [-0.3, -0.25) is 0 Å². The van der Waals surface area contributed by atoms with Crippen molar-refractivity contribution in [3.05, 3.63) is 20.8 Å². The van der Waals surface area contributed by atoms with E-state index in [9.17, 15) is 26.3 Å². The van der Waals surface area contributed by atoms with Crippen molar-refractivity contribution in [2.75, 3.05) is 0 Å². The standard InChI is InChI=1S/C10H10BrF6NOS/c1-4(18)7(6-2-5(11)3-20-6)19-8(9(12,13)14)10(15,16)17/h2-4,7-8H,18H2,1H3. The Morgan fingerprint density at radius 2 is 1.70 bits per heavy atom. The summed E-state index contributed by atoms with van der Waals surface area (Å²) in [6.45, 7) is 1.28. The van der Waals surface area contributed by atoms with Crippen LogP contribution in [0.15, 0.2) is 15.9 Å². The monoisotopic (exact) mass is 385 g/mol. The molecule has 0 aliphatic rings. The Labute approximate surface area is 123 Å². The summed E-state index contributed by atoms with van der Waals surface area (Å²) >= 11 is 4.03. The van der Waals surface area contributed by atoms with Gasteiger partial charge in [0, 0.05) is 20.8 Å². The van der Waals surface area contributed by atoms with Crippen molar-refractivity contribution in [1.82, 2.24) is 0 Å². The highest BCUT2D eigenvalue weighted by Gasteiger charge is 2.59. The molecule has 0 fully saturated rings. The van der Waals surface area contributed by atoms with Crippen molar-refractivity contribution in [3.8, 4) is 0 Å². The van der Waals surface area contributed by atoms with E-state index in [0.717, 1.165) is 11.3 Å². The fraction of sp³-hybridized carbons (Fsp3) is 0.600. The fourth-order valence-corrected chi connectivity index (χ4v) is 3.01. The maximum Gasteiger partial charge on any atom is 0.423 e. The summed E-state index contributed by atoms with van der Waals surface area (Å²) in [4.78, 5) is 0.186. The Morgan fingerprint density at radius 1 is 1.20 bits per heavy atom. The van der Waals surface area contributed by atoms with E-state index in [4.69, 9.17) is 5.73 Å². The lowest BCUT2D eigenvalue weighted by Gasteiger charge is -2.29. The minimum atomic E-state index is -5.56. The Balaban J connectivity index is 3.05. The largest absolute Gasteiger partial charge is 0.423 e. The SMILES string of the molecule is CC(N)C(OC(C(F)(F)F)C(F)(F)F)c1cc(Br)cs1. The number of hydrogen-bond donors (Lipinski definition) is 1. The highest BCUT2D eigenvalue weighted by atomic mass is 79.9. The molecule has 1 rings (SSSR count). The third-order valence-electron chi connectivity index (χ3n) is 2.22. The van der Waals surface area contributed by atoms with Gasteiger partial charge in [0.15, 0.2) is 0 Å². The predicted molar refractivity (Wildman–Crippen MR) is 65.4 cm³/mol. The Hall–Kier alpha value is -0.320. The van der Waals surface area contributed by atoms with Crippen molar-refractivity contribution in [1.29, 1.82) is 0 Å². The third-order valence-corrected chi connectivity index (χ3v) is 3.98. The molecule has 0 spiro atoms. The quantitative estimate of drug-likeness (QED) is 0.779. The summed E-state index contributed by atoms with van der Waals surface area (Å²) in [7, 11) is 0. The fourth-order valence-electron chi connectivity index (χ4n) is 1.41. The van der Waals surface area contributed by atoms with Gasteiger partial charge < -0.3 is 10.5 Å². The zero-order chi connectivity index (χ0) is 15.7. The van der Waals surface area contributed by atoms with Crippen LogP contribution in [-0.2, 0) is 4.74 Å². The van der Waals surface area contributed by atoms with Gasteiger partial charge in [-0.1, -0.05) is 0 Å². The molecular weight excluding hydrogens is 376 g/mol. The number of hydrogen-bond acceptors (Lipinski definition) is 3. The number of alkyl halides is 6. The first kappa shape index (κ1) is 17.7. The van der Waals surface area contributed by atoms with Gasteiger partial charge in [-0.05, 0) is 28.9 Å². The molecule has 2 atom stereocenters. The molecule has 0 saturated carbocycles. The van der Waals surface area contributed by atoms with Crippen LogP contribution in [0.1, 0.15) is 17.9 Å². The summed E-state index contributed by atoms with van der Waals surface area (Å²) in [5.41, 5.74) is 5.44. The molecule has 10 heteroatoms. The number of rotatable bonds is 4. The zero-order valence-electron chi connectivity index (χ0n) is 9.93. The average molecular weight is 386 g/mol. The average Bonchev–Trinajstić information content (AvgIpc) is 2.60. The molecule has 2 nitrogen and oxygen atoms in total. The van der Waals surface area contributed by atoms with Crippen LogP contribution in [0.4, 0.5) is 26.3 Å². The van der Waals surface area contributed by atoms with Crippen molar-refractivity contribution in [3.63, 3.8) is 0 Å². The Bertz CT molecular complexity index is 430. The second-order valence-corrected chi connectivity index (χ2v) is 5.90. The zero-order valence-corrected chi connectivity index (χ0v) is 12.3. The van der Waals surface area contributed by atoms with Crippen LogP contribution in [0.5, 0.6) is 0 Å². The molecule has 0 aliphatic heterocycles. The second kappa shape index (κ2) is 6.20. The normalized spacial score (nSPS) is 16.5. The van der Waals surface area contributed by atoms with Gasteiger partial charge in [0.2, 0.25) is 6.10 Å². The molecule has 0 radical (unpaired) electrons. The van der Waals surface area contributed by atoms with Crippen LogP contribution in [0, 0.1) is 0 Å². The molecule has 1 heterocycles. The first-order valence-electron chi connectivity index (χ1n) is 5.21. The lowest BCUT2D eigenvalue weighted by atomic mass is 10.1. The van der Waals surface area contributed by atoms with Crippen LogP contribution in [0.2, 0.25) is 0 Å². The summed E-state index contributed by atoms with van der Waals surface area (Å²) in [5, 5.41) is 1.52. The number of thiophene rings is 1. The molecule has 0 aromatic carbocycles. The molecule has 2 unspecified atom stereocenters. The number of halogens is 7. The van der Waals surface area contributed by atoms with Crippen LogP contribution >= 0.6 is 27.3 Å². The van der Waals surface area contributed by atoms with E-state index in [0.29, 0.717) is 4.47 Å². The molecule has 0 bridgehead atoms. The van der Waals surface area contributed by atoms with E-state index in [1.807, 2.05) is 0 Å². The summed E-state index contributed by atoms with van der Waals surface area (Å²) in [6.07, 6.45) is -16.5. The minimum Gasteiger partial charge on any atom is -0.350 e. The van der Waals surface area contributed by atoms with Gasteiger partial charge in [0.05, 0.1) is 0 Å². The van der Waals surface area contributed by atoms with Gasteiger partial charge in [0.1, 0.15) is 6.10 Å². The molecule has 0 aliphatic carbocycles. The van der Waals surface area contributed by atoms with Crippen LogP contribution in [-0.4, -0.2) is 24.5 Å². The molecule has 0 saturated heterocycles. The van der Waals surface area contributed by atoms with Gasteiger partial charge in [-0.15, -0.1) is 11.3 Å². The van der Waals surface area contributed by atoms with Crippen LogP contribution in [0.25, 0.3) is 0 Å². The van der Waals surface area contributed by atoms with Crippen molar-refractivity contribution < 1.29 is 31.1 Å². The highest BCUT2D eigenvalue weighted by molar-refractivity contribution is 9.10. The molecular formula is C10H10BrF6NOS. The maximum absolute atomic E-state index is 12.5. The van der Waals surface area contributed by atoms with E-state index in [1.54, 1.807) is 0 Å². The lowest BCUT2D eigenvalue weighted by Crippen LogP contribution is -2.46. The van der Waals surface area contributed by atoms with Crippen LogP contribution in [0.3, 0.4) is 0 Å². The van der Waals surface area contributed by atoms with E-state index < -0.39 is 30.6 Å². The van der Waals surface area contributed by atoms with Gasteiger partial charge in [-0.25, -0.2) is 0 Å². The van der Waals surface area contributed by atoms with Crippen molar-refractivity contribution in [2.45, 2.75) is 37.5 Å². The summed E-state index contributed by atoms with van der Waals surface area (Å²) in [6, 6.07) is 0.343. The Morgan fingerprint density at radius 3 is 2.00 bits per heavy atom. The molecule has 0 amide bonds. The first-order chi connectivity index (χ1) is 8.93. The van der Waals surface area contributed by atoms with E-state index in [1.165, 1.54) is 18.4 Å². The van der Waals surface area contributed by atoms with Crippen LogP contribution < -0.4 is 5.73 Å². The molecule has 1 aromatic heterocycles. The topological polar surface area (TPSA) is 35.2 Å². The van der Waals surface area contributed by atoms with Crippen molar-refractivity contribution >= 4 is 27.3 Å². The number of nitrogens with two attached hydrogens (primary N) is 1. The minimum absolute atomic E-state index is 0.186. The summed E-state index contributed by atoms with van der Waals surface area (Å²) < 4.78 is 79.6. The molecule has 2 N–H and O–H groups in total.